The average Bonchev–Trinajstić information content (AvgIpc) is 2.83. The summed E-state index contributed by atoms with van der Waals surface area (Å²) < 4.78 is 5.82. The first-order valence-electron chi connectivity index (χ1n) is 6.26. The van der Waals surface area contributed by atoms with Gasteiger partial charge >= 0.3 is 0 Å². The van der Waals surface area contributed by atoms with Gasteiger partial charge in [-0.2, -0.15) is 0 Å². The number of nitrogens with zero attached hydrogens (tertiary/aromatic N) is 2. The van der Waals surface area contributed by atoms with Crippen molar-refractivity contribution in [3.8, 4) is 0 Å². The lowest BCUT2D eigenvalue weighted by molar-refractivity contribution is 0.153. The van der Waals surface area contributed by atoms with Crippen molar-refractivity contribution < 1.29 is 9.52 Å². The molecule has 0 aromatic carbocycles. The molecule has 96 valence electrons. The van der Waals surface area contributed by atoms with Crippen molar-refractivity contribution in [2.75, 3.05) is 13.1 Å². The molecule has 1 aromatic rings. The molecular formula is C13H22N2O2. The summed E-state index contributed by atoms with van der Waals surface area (Å²) in [5.41, 5.74) is -0.00447. The highest BCUT2D eigenvalue weighted by Crippen LogP contribution is 2.28. The Morgan fingerprint density at radius 3 is 2.71 bits per heavy atom. The normalized spacial score (nSPS) is 24.2. The lowest BCUT2D eigenvalue weighted by atomic mass is 9.94. The van der Waals surface area contributed by atoms with E-state index in [1.54, 1.807) is 0 Å². The van der Waals surface area contributed by atoms with Crippen molar-refractivity contribution in [3.63, 3.8) is 0 Å². The molecule has 4 nitrogen and oxygen atoms in total. The van der Waals surface area contributed by atoms with Crippen LogP contribution in [0.3, 0.4) is 0 Å². The van der Waals surface area contributed by atoms with Gasteiger partial charge in [-0.25, -0.2) is 4.98 Å². The Balaban J connectivity index is 2.09. The van der Waals surface area contributed by atoms with E-state index in [2.05, 4.69) is 37.6 Å². The van der Waals surface area contributed by atoms with E-state index in [1.807, 2.05) is 6.20 Å². The van der Waals surface area contributed by atoms with Crippen LogP contribution in [-0.4, -0.2) is 34.2 Å². The SMILES string of the molecule is CC(c1ncc(C(C)(C)C)o1)N1CC[C@@H](O)C1. The topological polar surface area (TPSA) is 49.5 Å². The number of likely N-dealkylation sites (tertiary alicyclic amines) is 1. The highest BCUT2D eigenvalue weighted by Gasteiger charge is 2.29. The summed E-state index contributed by atoms with van der Waals surface area (Å²) in [6, 6.07) is 0.142. The first kappa shape index (κ1) is 12.6. The van der Waals surface area contributed by atoms with Crippen LogP contribution in [0.25, 0.3) is 0 Å². The first-order valence-corrected chi connectivity index (χ1v) is 6.26. The van der Waals surface area contributed by atoms with Crippen LogP contribution in [-0.2, 0) is 5.41 Å². The predicted octanol–water partition coefficient (Wildman–Crippen LogP) is 2.10. The first-order chi connectivity index (χ1) is 7.88. The number of aliphatic hydroxyl groups is 1. The summed E-state index contributed by atoms with van der Waals surface area (Å²) in [5, 5.41) is 9.54. The molecule has 2 heterocycles. The number of oxazole rings is 1. The maximum Gasteiger partial charge on any atom is 0.211 e. The van der Waals surface area contributed by atoms with E-state index in [0.29, 0.717) is 6.54 Å². The Bertz CT molecular complexity index is 381. The summed E-state index contributed by atoms with van der Waals surface area (Å²) in [4.78, 5) is 6.57. The zero-order chi connectivity index (χ0) is 12.6. The monoisotopic (exact) mass is 238 g/mol. The Morgan fingerprint density at radius 1 is 1.53 bits per heavy atom. The van der Waals surface area contributed by atoms with Gasteiger partial charge < -0.3 is 9.52 Å². The maximum absolute atomic E-state index is 9.54. The van der Waals surface area contributed by atoms with Crippen LogP contribution >= 0.6 is 0 Å². The molecule has 1 aromatic heterocycles. The minimum Gasteiger partial charge on any atom is -0.443 e. The fraction of sp³-hybridized carbons (Fsp3) is 0.769. The van der Waals surface area contributed by atoms with Gasteiger partial charge in [0.05, 0.1) is 18.3 Å². The molecule has 0 radical (unpaired) electrons. The van der Waals surface area contributed by atoms with Crippen molar-refractivity contribution in [1.82, 2.24) is 9.88 Å². The van der Waals surface area contributed by atoms with E-state index >= 15 is 0 Å². The van der Waals surface area contributed by atoms with Crippen LogP contribution < -0.4 is 0 Å². The molecule has 4 heteroatoms. The van der Waals surface area contributed by atoms with E-state index < -0.39 is 0 Å². The third kappa shape index (κ3) is 2.69. The summed E-state index contributed by atoms with van der Waals surface area (Å²) in [7, 11) is 0. The number of hydrogen-bond acceptors (Lipinski definition) is 4. The molecular weight excluding hydrogens is 216 g/mol. The molecule has 1 unspecified atom stereocenters. The third-order valence-corrected chi connectivity index (χ3v) is 3.36. The van der Waals surface area contributed by atoms with Crippen LogP contribution in [0.2, 0.25) is 0 Å². The van der Waals surface area contributed by atoms with Crippen LogP contribution in [0.1, 0.15) is 51.8 Å². The highest BCUT2D eigenvalue weighted by molar-refractivity contribution is 5.07. The predicted molar refractivity (Wildman–Crippen MR) is 65.8 cm³/mol. The second-order valence-corrected chi connectivity index (χ2v) is 5.93. The van der Waals surface area contributed by atoms with Crippen molar-refractivity contribution >= 4 is 0 Å². The van der Waals surface area contributed by atoms with Crippen molar-refractivity contribution in [1.29, 1.82) is 0 Å². The van der Waals surface area contributed by atoms with Gasteiger partial charge in [-0.1, -0.05) is 20.8 Å². The molecule has 2 atom stereocenters. The van der Waals surface area contributed by atoms with Gasteiger partial charge in [0.1, 0.15) is 5.76 Å². The standard InChI is InChI=1S/C13H22N2O2/c1-9(15-6-5-10(16)8-15)12-14-7-11(17-12)13(2,3)4/h7,9-10,16H,5-6,8H2,1-4H3/t9?,10-/m1/s1. The van der Waals surface area contributed by atoms with Gasteiger partial charge in [0.15, 0.2) is 0 Å². The van der Waals surface area contributed by atoms with Crippen LogP contribution in [0.15, 0.2) is 10.6 Å². The van der Waals surface area contributed by atoms with Crippen molar-refractivity contribution in [3.05, 3.63) is 17.8 Å². The zero-order valence-electron chi connectivity index (χ0n) is 11.1. The van der Waals surface area contributed by atoms with Gasteiger partial charge in [0, 0.05) is 18.5 Å². The molecule has 17 heavy (non-hydrogen) atoms. The number of aromatic nitrogens is 1. The Kier molecular flexibility index (Phi) is 3.27. The van der Waals surface area contributed by atoms with E-state index in [1.165, 1.54) is 0 Å². The molecule has 1 N–H and O–H groups in total. The van der Waals surface area contributed by atoms with Crippen LogP contribution in [0, 0.1) is 0 Å². The highest BCUT2D eigenvalue weighted by atomic mass is 16.4. The summed E-state index contributed by atoms with van der Waals surface area (Å²) in [6.07, 6.45) is 2.46. The van der Waals surface area contributed by atoms with Crippen molar-refractivity contribution in [2.45, 2.75) is 51.7 Å². The van der Waals surface area contributed by atoms with Crippen LogP contribution in [0.5, 0.6) is 0 Å². The van der Waals surface area contributed by atoms with E-state index in [-0.39, 0.29) is 17.6 Å². The lowest BCUT2D eigenvalue weighted by Gasteiger charge is -2.21. The fourth-order valence-electron chi connectivity index (χ4n) is 2.10. The van der Waals surface area contributed by atoms with Gasteiger partial charge in [0.2, 0.25) is 5.89 Å². The lowest BCUT2D eigenvalue weighted by Crippen LogP contribution is -2.25. The van der Waals surface area contributed by atoms with Gasteiger partial charge in [0.25, 0.3) is 0 Å². The minimum atomic E-state index is -0.200. The number of aliphatic hydroxyl groups excluding tert-OH is 1. The molecule has 1 fully saturated rings. The van der Waals surface area contributed by atoms with E-state index in [9.17, 15) is 5.11 Å². The molecule has 1 aliphatic rings. The largest absolute Gasteiger partial charge is 0.443 e. The number of β-amino-alcohol motifs (C(OH)–C–C–N with tert-alkyl or cyclic N) is 1. The molecule has 2 rings (SSSR count). The van der Waals surface area contributed by atoms with Gasteiger partial charge in [-0.05, 0) is 13.3 Å². The summed E-state index contributed by atoms with van der Waals surface area (Å²) in [5.74, 6) is 1.67. The third-order valence-electron chi connectivity index (χ3n) is 3.36. The summed E-state index contributed by atoms with van der Waals surface area (Å²) in [6.45, 7) is 10.0. The zero-order valence-corrected chi connectivity index (χ0v) is 11.1. The Hall–Kier alpha value is -0.870. The Labute approximate surface area is 103 Å². The molecule has 0 spiro atoms. The maximum atomic E-state index is 9.54. The van der Waals surface area contributed by atoms with Crippen LogP contribution in [0.4, 0.5) is 0 Å². The quantitative estimate of drug-likeness (QED) is 0.857. The van der Waals surface area contributed by atoms with E-state index in [4.69, 9.17) is 4.42 Å². The summed E-state index contributed by atoms with van der Waals surface area (Å²) >= 11 is 0. The second-order valence-electron chi connectivity index (χ2n) is 5.93. The molecule has 0 saturated carbocycles. The Morgan fingerprint density at radius 2 is 2.24 bits per heavy atom. The van der Waals surface area contributed by atoms with Gasteiger partial charge in [-0.3, -0.25) is 4.90 Å². The second kappa shape index (κ2) is 4.42. The molecule has 0 amide bonds. The molecule has 1 aliphatic heterocycles. The van der Waals surface area contributed by atoms with Crippen molar-refractivity contribution in [2.24, 2.45) is 0 Å². The molecule has 0 bridgehead atoms. The number of hydrogen-bond donors (Lipinski definition) is 1. The molecule has 1 saturated heterocycles. The van der Waals surface area contributed by atoms with E-state index in [0.717, 1.165) is 24.6 Å². The van der Waals surface area contributed by atoms with Gasteiger partial charge in [-0.15, -0.1) is 0 Å². The number of rotatable bonds is 2. The average molecular weight is 238 g/mol. The molecule has 0 aliphatic carbocycles. The minimum absolute atomic E-state index is 0.00447. The fourth-order valence-corrected chi connectivity index (χ4v) is 2.10. The smallest absolute Gasteiger partial charge is 0.211 e.